The lowest BCUT2D eigenvalue weighted by Crippen LogP contribution is -2.62. The zero-order valence-corrected chi connectivity index (χ0v) is 20.2. The fraction of sp³-hybridized carbons (Fsp3) is 0.500. The molecule has 0 spiro atoms. The molecule has 1 heterocycles. The van der Waals surface area contributed by atoms with Gasteiger partial charge in [0.1, 0.15) is 5.88 Å². The molecule has 178 valence electrons. The van der Waals surface area contributed by atoms with Gasteiger partial charge >= 0.3 is 0 Å². The number of terminal acetylenes is 1. The number of rotatable bonds is 8. The number of halogens is 1. The number of anilines is 2. The summed E-state index contributed by atoms with van der Waals surface area (Å²) in [5.41, 5.74) is 1.48. The molecule has 2 aliphatic carbocycles. The molecule has 10 heteroatoms. The Morgan fingerprint density at radius 3 is 2.79 bits per heavy atom. The van der Waals surface area contributed by atoms with Gasteiger partial charge in [-0.25, -0.2) is 0 Å². The van der Waals surface area contributed by atoms with Crippen molar-refractivity contribution in [1.29, 1.82) is 5.26 Å². The first-order valence-corrected chi connectivity index (χ1v) is 12.7. The maximum atomic E-state index is 13.2. The summed E-state index contributed by atoms with van der Waals surface area (Å²) >= 11 is 7.25. The quantitative estimate of drug-likeness (QED) is 0.373. The van der Waals surface area contributed by atoms with Gasteiger partial charge in [-0.15, -0.1) is 29.8 Å². The standard InChI is InChI=1S/C24H26ClN5O3S/c1-3-8-27-22(32)19-16(12-26)20(19)24-30(4-2)23(33)15-10-17(21(15)34-24)28-13-6-5-7-14(9-13)29-18(31)11-25/h1,5-7,9,15-17,19-21,24,28H,4,8,10-11H2,2H3,(H,27,32)(H,29,31). The molecule has 3 amide bonds. The average Bonchev–Trinajstić information content (AvgIpc) is 3.56. The molecule has 3 N–H and O–H groups in total. The van der Waals surface area contributed by atoms with Crippen molar-refractivity contribution in [2.75, 3.05) is 29.6 Å². The fourth-order valence-electron chi connectivity index (χ4n) is 4.95. The highest BCUT2D eigenvalue weighted by molar-refractivity contribution is 8.00. The molecule has 3 aliphatic rings. The molecule has 4 rings (SSSR count). The summed E-state index contributed by atoms with van der Waals surface area (Å²) in [6.45, 7) is 2.58. The molecule has 0 aromatic heterocycles. The van der Waals surface area contributed by atoms with Crippen LogP contribution in [0.1, 0.15) is 13.3 Å². The number of carbonyl (C=O) groups is 3. The molecule has 7 unspecified atom stereocenters. The normalized spacial score (nSPS) is 31.2. The van der Waals surface area contributed by atoms with Crippen LogP contribution in [-0.4, -0.2) is 58.3 Å². The Labute approximate surface area is 208 Å². The smallest absolute Gasteiger partial charge is 0.239 e. The Balaban J connectivity index is 1.46. The van der Waals surface area contributed by atoms with Gasteiger partial charge in [0, 0.05) is 35.1 Å². The van der Waals surface area contributed by atoms with Crippen LogP contribution >= 0.6 is 23.4 Å². The van der Waals surface area contributed by atoms with Crippen LogP contribution in [0.15, 0.2) is 24.3 Å². The number of amides is 3. The van der Waals surface area contributed by atoms with Crippen molar-refractivity contribution >= 4 is 52.5 Å². The molecule has 8 nitrogen and oxygen atoms in total. The maximum Gasteiger partial charge on any atom is 0.239 e. The van der Waals surface area contributed by atoms with Gasteiger partial charge < -0.3 is 20.9 Å². The van der Waals surface area contributed by atoms with E-state index in [9.17, 15) is 19.6 Å². The summed E-state index contributed by atoms with van der Waals surface area (Å²) in [6, 6.07) is 9.68. The summed E-state index contributed by atoms with van der Waals surface area (Å²) in [4.78, 5) is 39.2. The SMILES string of the molecule is C#CCNC(=O)C1C(C#N)C1C1SC2C(Nc3cccc(NC(=O)CCl)c3)CC2C(=O)N1CC. The predicted molar refractivity (Wildman–Crippen MR) is 132 cm³/mol. The van der Waals surface area contributed by atoms with E-state index in [4.69, 9.17) is 18.0 Å². The number of hydrogen-bond donors (Lipinski definition) is 3. The molecule has 3 fully saturated rings. The van der Waals surface area contributed by atoms with Crippen molar-refractivity contribution in [3.05, 3.63) is 24.3 Å². The molecular formula is C24H26ClN5O3S. The lowest BCUT2D eigenvalue weighted by atomic mass is 9.78. The van der Waals surface area contributed by atoms with E-state index in [2.05, 4.69) is 27.9 Å². The second-order valence-electron chi connectivity index (χ2n) is 8.65. The van der Waals surface area contributed by atoms with E-state index in [1.54, 1.807) is 17.8 Å². The summed E-state index contributed by atoms with van der Waals surface area (Å²) < 4.78 is 0. The van der Waals surface area contributed by atoms with E-state index in [1.807, 2.05) is 30.0 Å². The number of carbonyl (C=O) groups excluding carboxylic acids is 3. The molecule has 2 saturated carbocycles. The van der Waals surface area contributed by atoms with Crippen LogP contribution in [0.2, 0.25) is 0 Å². The van der Waals surface area contributed by atoms with Crippen molar-refractivity contribution in [2.45, 2.75) is 30.0 Å². The molecule has 0 bridgehead atoms. The topological polar surface area (TPSA) is 114 Å². The predicted octanol–water partition coefficient (Wildman–Crippen LogP) is 2.09. The number of alkyl halides is 1. The zero-order valence-electron chi connectivity index (χ0n) is 18.7. The zero-order chi connectivity index (χ0) is 24.4. The third-order valence-corrected chi connectivity index (χ3v) is 8.75. The minimum Gasteiger partial charge on any atom is -0.381 e. The van der Waals surface area contributed by atoms with Gasteiger partial charge in [0.15, 0.2) is 0 Å². The first-order valence-electron chi connectivity index (χ1n) is 11.2. The van der Waals surface area contributed by atoms with Crippen LogP contribution in [0.4, 0.5) is 11.4 Å². The summed E-state index contributed by atoms with van der Waals surface area (Å²) in [7, 11) is 0. The fourth-order valence-corrected chi connectivity index (χ4v) is 7.05. The molecule has 1 aromatic rings. The number of benzene rings is 1. The molecule has 1 aliphatic heterocycles. The largest absolute Gasteiger partial charge is 0.381 e. The molecule has 1 saturated heterocycles. The minimum atomic E-state index is -0.456. The second kappa shape index (κ2) is 10.2. The Bertz CT molecular complexity index is 1070. The maximum absolute atomic E-state index is 13.2. The highest BCUT2D eigenvalue weighted by Gasteiger charge is 2.64. The number of thioether (sulfide) groups is 1. The monoisotopic (exact) mass is 499 g/mol. The highest BCUT2D eigenvalue weighted by atomic mass is 35.5. The van der Waals surface area contributed by atoms with Gasteiger partial charge in [0.2, 0.25) is 17.7 Å². The number of hydrogen-bond acceptors (Lipinski definition) is 6. The number of nitrogens with one attached hydrogen (secondary N) is 3. The molecule has 1 aromatic carbocycles. The van der Waals surface area contributed by atoms with Gasteiger partial charge in [-0.2, -0.15) is 5.26 Å². The van der Waals surface area contributed by atoms with E-state index >= 15 is 0 Å². The average molecular weight is 500 g/mol. The third kappa shape index (κ3) is 4.55. The Hall–Kier alpha value is -2.88. The summed E-state index contributed by atoms with van der Waals surface area (Å²) in [6.07, 6.45) is 5.95. The Morgan fingerprint density at radius 1 is 1.35 bits per heavy atom. The first-order chi connectivity index (χ1) is 16.4. The number of nitriles is 1. The molecule has 0 radical (unpaired) electrons. The van der Waals surface area contributed by atoms with Gasteiger partial charge in [-0.3, -0.25) is 14.4 Å². The van der Waals surface area contributed by atoms with Crippen molar-refractivity contribution in [1.82, 2.24) is 10.2 Å². The second-order valence-corrected chi connectivity index (χ2v) is 10.2. The van der Waals surface area contributed by atoms with Crippen LogP contribution in [-0.2, 0) is 14.4 Å². The highest BCUT2D eigenvalue weighted by Crippen LogP contribution is 2.58. The Morgan fingerprint density at radius 2 is 2.12 bits per heavy atom. The van der Waals surface area contributed by atoms with Crippen molar-refractivity contribution in [3.63, 3.8) is 0 Å². The first kappa shape index (κ1) is 24.3. The van der Waals surface area contributed by atoms with Crippen LogP contribution in [0.5, 0.6) is 0 Å². The van der Waals surface area contributed by atoms with E-state index < -0.39 is 11.8 Å². The number of nitrogens with zero attached hydrogens (tertiary/aromatic N) is 2. The van der Waals surface area contributed by atoms with E-state index in [1.165, 1.54) is 0 Å². The van der Waals surface area contributed by atoms with Gasteiger partial charge in [-0.1, -0.05) is 12.0 Å². The van der Waals surface area contributed by atoms with Gasteiger partial charge in [-0.05, 0) is 31.5 Å². The lowest BCUT2D eigenvalue weighted by molar-refractivity contribution is -0.140. The van der Waals surface area contributed by atoms with Crippen LogP contribution in [0.3, 0.4) is 0 Å². The lowest BCUT2D eigenvalue weighted by Gasteiger charge is -2.53. The minimum absolute atomic E-state index is 0.0377. The van der Waals surface area contributed by atoms with Gasteiger partial charge in [0.05, 0.1) is 35.7 Å². The van der Waals surface area contributed by atoms with E-state index in [0.29, 0.717) is 18.7 Å². The van der Waals surface area contributed by atoms with Crippen LogP contribution in [0.25, 0.3) is 0 Å². The summed E-state index contributed by atoms with van der Waals surface area (Å²) in [5.74, 6) is 0.653. The Kier molecular flexibility index (Phi) is 7.25. The molecule has 7 atom stereocenters. The van der Waals surface area contributed by atoms with Crippen LogP contribution < -0.4 is 16.0 Å². The molecule has 34 heavy (non-hydrogen) atoms. The van der Waals surface area contributed by atoms with Gasteiger partial charge in [0.25, 0.3) is 0 Å². The van der Waals surface area contributed by atoms with Crippen molar-refractivity contribution < 1.29 is 14.4 Å². The van der Waals surface area contributed by atoms with E-state index in [-0.39, 0.29) is 58.6 Å². The van der Waals surface area contributed by atoms with Crippen LogP contribution in [0, 0.1) is 47.3 Å². The van der Waals surface area contributed by atoms with Crippen molar-refractivity contribution in [3.8, 4) is 18.4 Å². The third-order valence-electron chi connectivity index (χ3n) is 6.69. The van der Waals surface area contributed by atoms with Crippen molar-refractivity contribution in [2.24, 2.45) is 23.7 Å². The van der Waals surface area contributed by atoms with E-state index in [0.717, 1.165) is 5.69 Å². The number of fused-ring (bicyclic) bond motifs is 1. The molecular weight excluding hydrogens is 474 g/mol. The summed E-state index contributed by atoms with van der Waals surface area (Å²) in [5, 5.41) is 18.3.